The van der Waals surface area contributed by atoms with Crippen molar-refractivity contribution in [3.63, 3.8) is 0 Å². The van der Waals surface area contributed by atoms with Crippen molar-refractivity contribution in [3.8, 4) is 0 Å². The van der Waals surface area contributed by atoms with E-state index >= 15 is 0 Å². The van der Waals surface area contributed by atoms with Crippen molar-refractivity contribution in [2.75, 3.05) is 7.11 Å². The molecule has 0 saturated heterocycles. The first-order valence-corrected chi connectivity index (χ1v) is 5.35. The largest absolute Gasteiger partial charge is 0.388 e. The Hall–Kier alpha value is -0.123. The summed E-state index contributed by atoms with van der Waals surface area (Å²) in [5.41, 5.74) is 2.08. The zero-order chi connectivity index (χ0) is 7.98. The van der Waals surface area contributed by atoms with Crippen molar-refractivity contribution >= 4 is 9.04 Å². The van der Waals surface area contributed by atoms with Gasteiger partial charge < -0.3 is 9.16 Å². The van der Waals surface area contributed by atoms with Gasteiger partial charge in [0.25, 0.3) is 0 Å². The third-order valence-electron chi connectivity index (χ3n) is 1.09. The number of allylic oxidation sites excluding steroid dienone is 1. The Morgan fingerprint density at radius 2 is 2.10 bits per heavy atom. The molecule has 0 heterocycles. The van der Waals surface area contributed by atoms with Crippen LogP contribution in [0.2, 0.25) is 6.55 Å². The summed E-state index contributed by atoms with van der Waals surface area (Å²) in [6.07, 6.45) is 1.94. The first-order chi connectivity index (χ1) is 4.70. The first-order valence-electron chi connectivity index (χ1n) is 3.36. The van der Waals surface area contributed by atoms with Crippen LogP contribution in [0, 0.1) is 0 Å². The molecule has 3 heteroatoms. The molecule has 2 nitrogen and oxygen atoms in total. The molecule has 10 heavy (non-hydrogen) atoms. The van der Waals surface area contributed by atoms with Crippen LogP contribution < -0.4 is 0 Å². The molecule has 1 atom stereocenters. The molecule has 0 amide bonds. The van der Waals surface area contributed by atoms with E-state index in [0.29, 0.717) is 0 Å². The second-order valence-corrected chi connectivity index (χ2v) is 3.82. The maximum Gasteiger partial charge on any atom is 0.239 e. The maximum absolute atomic E-state index is 5.43. The van der Waals surface area contributed by atoms with Gasteiger partial charge in [-0.25, -0.2) is 0 Å². The Morgan fingerprint density at radius 1 is 1.50 bits per heavy atom. The van der Waals surface area contributed by atoms with Crippen molar-refractivity contribution in [1.29, 1.82) is 0 Å². The average molecular weight is 159 g/mol. The molecule has 0 aliphatic rings. The van der Waals surface area contributed by atoms with E-state index in [9.17, 15) is 0 Å². The van der Waals surface area contributed by atoms with Crippen LogP contribution in [-0.2, 0) is 9.16 Å². The van der Waals surface area contributed by atoms with Gasteiger partial charge in [0.2, 0.25) is 9.04 Å². The highest BCUT2D eigenvalue weighted by Crippen LogP contribution is 1.95. The zero-order valence-electron chi connectivity index (χ0n) is 7.05. The van der Waals surface area contributed by atoms with Crippen molar-refractivity contribution in [1.82, 2.24) is 0 Å². The van der Waals surface area contributed by atoms with Crippen molar-refractivity contribution in [2.45, 2.75) is 26.7 Å². The molecule has 1 radical (unpaired) electrons. The van der Waals surface area contributed by atoms with Gasteiger partial charge in [-0.2, -0.15) is 0 Å². The van der Waals surface area contributed by atoms with Crippen LogP contribution in [0.4, 0.5) is 0 Å². The minimum absolute atomic E-state index is 0.0740. The van der Waals surface area contributed by atoms with Crippen molar-refractivity contribution in [3.05, 3.63) is 11.8 Å². The Morgan fingerprint density at radius 3 is 2.50 bits per heavy atom. The summed E-state index contributed by atoms with van der Waals surface area (Å²) in [4.78, 5) is 0. The summed E-state index contributed by atoms with van der Waals surface area (Å²) in [7, 11) is 0.891. The second kappa shape index (κ2) is 5.65. The van der Waals surface area contributed by atoms with Gasteiger partial charge in [0.05, 0.1) is 0 Å². The number of ether oxygens (including phenoxy) is 1. The van der Waals surface area contributed by atoms with Gasteiger partial charge in [-0.05, 0) is 20.4 Å². The summed E-state index contributed by atoms with van der Waals surface area (Å²) >= 11 is 0. The molecular formula is C7H15O2Si. The third-order valence-corrected chi connectivity index (χ3v) is 2.59. The van der Waals surface area contributed by atoms with Gasteiger partial charge >= 0.3 is 0 Å². The number of hydrogen-bond acceptors (Lipinski definition) is 2. The molecule has 0 aromatic rings. The maximum atomic E-state index is 5.43. The smallest absolute Gasteiger partial charge is 0.239 e. The van der Waals surface area contributed by atoms with Crippen LogP contribution in [0.3, 0.4) is 0 Å². The minimum atomic E-state index is -0.757. The normalized spacial score (nSPS) is 14.9. The Labute approximate surface area is 64.6 Å². The zero-order valence-corrected chi connectivity index (χ0v) is 8.05. The molecule has 0 rings (SSSR count). The van der Waals surface area contributed by atoms with E-state index in [4.69, 9.17) is 9.16 Å². The fraction of sp³-hybridized carbons (Fsp3) is 0.714. The summed E-state index contributed by atoms with van der Waals surface area (Å²) in [5.74, 6) is 0. The summed E-state index contributed by atoms with van der Waals surface area (Å²) in [6.45, 7) is 5.98. The Kier molecular flexibility index (Phi) is 5.58. The highest BCUT2D eigenvalue weighted by Gasteiger charge is 2.05. The molecule has 0 spiro atoms. The molecule has 0 aromatic carbocycles. The lowest BCUT2D eigenvalue weighted by Crippen LogP contribution is -2.20. The minimum Gasteiger partial charge on any atom is -0.388 e. The fourth-order valence-electron chi connectivity index (χ4n) is 0.584. The summed E-state index contributed by atoms with van der Waals surface area (Å²) in [5, 5.41) is 0. The van der Waals surface area contributed by atoms with Crippen LogP contribution in [-0.4, -0.2) is 22.4 Å². The molecule has 0 fully saturated rings. The first kappa shape index (κ1) is 9.88. The molecular weight excluding hydrogens is 144 g/mol. The van der Waals surface area contributed by atoms with Gasteiger partial charge in [-0.3, -0.25) is 0 Å². The van der Waals surface area contributed by atoms with E-state index in [0.717, 1.165) is 0 Å². The molecule has 59 valence electrons. The van der Waals surface area contributed by atoms with Crippen LogP contribution in [0.15, 0.2) is 11.8 Å². The van der Waals surface area contributed by atoms with E-state index in [1.165, 1.54) is 0 Å². The van der Waals surface area contributed by atoms with Crippen LogP contribution >= 0.6 is 0 Å². The predicted octanol–water partition coefficient (Wildman–Crippen LogP) is 1.73. The third kappa shape index (κ3) is 4.73. The highest BCUT2D eigenvalue weighted by molar-refractivity contribution is 6.56. The molecule has 0 saturated carbocycles. The van der Waals surface area contributed by atoms with Gasteiger partial charge in [-0.1, -0.05) is 11.8 Å². The summed E-state index contributed by atoms with van der Waals surface area (Å²) in [6, 6.07) is 0. The molecule has 0 aliphatic carbocycles. The molecule has 0 N–H and O–H groups in total. The topological polar surface area (TPSA) is 18.5 Å². The second-order valence-electron chi connectivity index (χ2n) is 2.03. The van der Waals surface area contributed by atoms with E-state index in [1.807, 2.05) is 19.9 Å². The molecule has 1 unspecified atom stereocenters. The summed E-state index contributed by atoms with van der Waals surface area (Å²) < 4.78 is 10.4. The lowest BCUT2D eigenvalue weighted by molar-refractivity contribution is -0.0392. The molecule has 0 aromatic heterocycles. The molecule has 0 bridgehead atoms. The van der Waals surface area contributed by atoms with E-state index in [1.54, 1.807) is 7.11 Å². The van der Waals surface area contributed by atoms with E-state index in [-0.39, 0.29) is 6.29 Å². The molecule has 0 aliphatic heterocycles. The lowest BCUT2D eigenvalue weighted by Gasteiger charge is -2.12. The average Bonchev–Trinajstić information content (AvgIpc) is 1.88. The number of hydrogen-bond donors (Lipinski definition) is 0. The van der Waals surface area contributed by atoms with Crippen molar-refractivity contribution in [2.24, 2.45) is 0 Å². The number of methoxy groups -OCH3 is 1. The van der Waals surface area contributed by atoms with E-state index < -0.39 is 9.04 Å². The predicted molar refractivity (Wildman–Crippen MR) is 44.0 cm³/mol. The van der Waals surface area contributed by atoms with Gasteiger partial charge in [-0.15, -0.1) is 0 Å². The standard InChI is InChI=1S/C7H15O2Si/c1-5-6-10(4)9-7(2)8-3/h5-7H,1-4H3/b6-5+. The fourth-order valence-corrected chi connectivity index (χ4v) is 1.75. The lowest BCUT2D eigenvalue weighted by atomic mass is 10.8. The van der Waals surface area contributed by atoms with Gasteiger partial charge in [0.15, 0.2) is 0 Å². The van der Waals surface area contributed by atoms with E-state index in [2.05, 4.69) is 12.2 Å². The highest BCUT2D eigenvalue weighted by atomic mass is 28.3. The van der Waals surface area contributed by atoms with Crippen LogP contribution in [0.1, 0.15) is 13.8 Å². The monoisotopic (exact) mass is 159 g/mol. The number of rotatable bonds is 4. The van der Waals surface area contributed by atoms with Crippen LogP contribution in [0.5, 0.6) is 0 Å². The van der Waals surface area contributed by atoms with Crippen molar-refractivity contribution < 1.29 is 9.16 Å². The van der Waals surface area contributed by atoms with Gasteiger partial charge in [0, 0.05) is 7.11 Å². The SMILES string of the molecule is C/C=C/[Si](C)OC(C)OC. The quantitative estimate of drug-likeness (QED) is 0.459. The Balaban J connectivity index is 3.46. The Bertz CT molecular complexity index is 104. The van der Waals surface area contributed by atoms with Gasteiger partial charge in [0.1, 0.15) is 6.29 Å². The van der Waals surface area contributed by atoms with Crippen LogP contribution in [0.25, 0.3) is 0 Å².